The van der Waals surface area contributed by atoms with E-state index >= 15 is 0 Å². The summed E-state index contributed by atoms with van der Waals surface area (Å²) in [5.74, 6) is -3.14. The normalized spacial score (nSPS) is 11.5. The molecule has 3 aromatic rings. The first-order valence-electron chi connectivity index (χ1n) is 7.52. The van der Waals surface area contributed by atoms with E-state index in [4.69, 9.17) is 0 Å². The van der Waals surface area contributed by atoms with Crippen LogP contribution >= 0.6 is 0 Å². The Hall–Kier alpha value is -3.30. The van der Waals surface area contributed by atoms with E-state index in [2.05, 4.69) is 15.4 Å². The van der Waals surface area contributed by atoms with Gasteiger partial charge in [0, 0.05) is 5.69 Å². The van der Waals surface area contributed by atoms with Crippen molar-refractivity contribution in [1.82, 2.24) is 14.8 Å². The maximum absolute atomic E-state index is 13.6. The van der Waals surface area contributed by atoms with Gasteiger partial charge in [0.15, 0.2) is 5.69 Å². The smallest absolute Gasteiger partial charge is 0.306 e. The molecule has 0 saturated heterocycles. The molecule has 3 rings (SSSR count). The fourth-order valence-electron chi connectivity index (χ4n) is 2.35. The highest BCUT2D eigenvalue weighted by Crippen LogP contribution is 2.29. The zero-order valence-corrected chi connectivity index (χ0v) is 13.7. The molecule has 1 aromatic carbocycles. The number of aromatic nitrogens is 3. The van der Waals surface area contributed by atoms with Gasteiger partial charge in [0.05, 0.1) is 11.9 Å². The number of nitrogens with one attached hydrogen (secondary N) is 1. The minimum atomic E-state index is -4.58. The van der Waals surface area contributed by atoms with Crippen LogP contribution < -0.4 is 5.32 Å². The number of carbonyl (C=O) groups excluding carboxylic acids is 1. The van der Waals surface area contributed by atoms with Gasteiger partial charge in [0.25, 0.3) is 5.91 Å². The van der Waals surface area contributed by atoms with Crippen LogP contribution in [0.25, 0.3) is 5.69 Å². The van der Waals surface area contributed by atoms with Crippen molar-refractivity contribution in [2.24, 2.45) is 0 Å². The molecule has 5 nitrogen and oxygen atoms in total. The summed E-state index contributed by atoms with van der Waals surface area (Å²) < 4.78 is 66.4. The van der Waals surface area contributed by atoms with Crippen LogP contribution in [0, 0.1) is 18.6 Å². The molecule has 0 aliphatic heterocycles. The lowest BCUT2D eigenvalue weighted by Gasteiger charge is -2.08. The van der Waals surface area contributed by atoms with Gasteiger partial charge in [-0.1, -0.05) is 6.07 Å². The van der Waals surface area contributed by atoms with E-state index in [0.29, 0.717) is 0 Å². The highest BCUT2D eigenvalue weighted by molar-refractivity contribution is 6.04. The molecule has 0 aliphatic carbocycles. The number of pyridine rings is 1. The molecule has 0 spiro atoms. The number of hydrogen-bond acceptors (Lipinski definition) is 3. The number of alkyl halides is 3. The third-order valence-electron chi connectivity index (χ3n) is 3.60. The van der Waals surface area contributed by atoms with Gasteiger partial charge >= 0.3 is 6.18 Å². The monoisotopic (exact) mass is 382 g/mol. The predicted octanol–water partition coefficient (Wildman–Crippen LogP) is 4.13. The standard InChI is InChI=1S/C17H11F5N4O/c1-9-7-13(17(20,21)22)25-26(9)10-5-6-14(23-8-10)24-16(27)15-11(18)3-2-4-12(15)19/h2-8H,1H3,(H,23,24,27). The fraction of sp³-hybridized carbons (Fsp3) is 0.118. The first kappa shape index (κ1) is 18.5. The number of hydrogen-bond donors (Lipinski definition) is 1. The van der Waals surface area contributed by atoms with Crippen LogP contribution in [-0.4, -0.2) is 20.7 Å². The average Bonchev–Trinajstić information content (AvgIpc) is 2.97. The second-order valence-electron chi connectivity index (χ2n) is 5.53. The molecule has 1 amide bonds. The van der Waals surface area contributed by atoms with Crippen LogP contribution in [0.15, 0.2) is 42.6 Å². The number of amides is 1. The van der Waals surface area contributed by atoms with E-state index in [-0.39, 0.29) is 17.2 Å². The first-order chi connectivity index (χ1) is 12.7. The lowest BCUT2D eigenvalue weighted by atomic mass is 10.2. The summed E-state index contributed by atoms with van der Waals surface area (Å²) in [7, 11) is 0. The van der Waals surface area contributed by atoms with Crippen LogP contribution in [0.1, 0.15) is 21.7 Å². The molecule has 27 heavy (non-hydrogen) atoms. The third-order valence-corrected chi connectivity index (χ3v) is 3.60. The van der Waals surface area contributed by atoms with Crippen molar-refractivity contribution in [3.05, 3.63) is 71.2 Å². The third kappa shape index (κ3) is 3.78. The molecule has 0 unspecified atom stereocenters. The van der Waals surface area contributed by atoms with Gasteiger partial charge in [-0.3, -0.25) is 4.79 Å². The number of rotatable bonds is 3. The molecule has 1 N–H and O–H groups in total. The van der Waals surface area contributed by atoms with E-state index in [9.17, 15) is 26.7 Å². The summed E-state index contributed by atoms with van der Waals surface area (Å²) in [5, 5.41) is 5.70. The lowest BCUT2D eigenvalue weighted by Crippen LogP contribution is -2.16. The molecule has 0 fully saturated rings. The van der Waals surface area contributed by atoms with Crippen LogP contribution in [0.3, 0.4) is 0 Å². The summed E-state index contributed by atoms with van der Waals surface area (Å²) in [5.41, 5.74) is -1.36. The Balaban J connectivity index is 1.82. The molecular formula is C17H11F5N4O. The van der Waals surface area contributed by atoms with E-state index in [1.54, 1.807) is 0 Å². The molecule has 2 aromatic heterocycles. The summed E-state index contributed by atoms with van der Waals surface area (Å²) in [6.45, 7) is 1.44. The van der Waals surface area contributed by atoms with E-state index in [1.807, 2.05) is 0 Å². The largest absolute Gasteiger partial charge is 0.435 e. The second-order valence-corrected chi connectivity index (χ2v) is 5.53. The SMILES string of the molecule is Cc1cc(C(F)(F)F)nn1-c1ccc(NC(=O)c2c(F)cccc2F)nc1. The summed E-state index contributed by atoms with van der Waals surface area (Å²) in [6, 6.07) is 6.52. The second kappa shape index (κ2) is 6.78. The Morgan fingerprint density at radius 1 is 1.11 bits per heavy atom. The molecule has 140 valence electrons. The van der Waals surface area contributed by atoms with E-state index in [0.717, 1.165) is 28.9 Å². The van der Waals surface area contributed by atoms with Crippen molar-refractivity contribution in [1.29, 1.82) is 0 Å². The minimum absolute atomic E-state index is 0.0349. The van der Waals surface area contributed by atoms with Gasteiger partial charge in [-0.25, -0.2) is 18.4 Å². The van der Waals surface area contributed by atoms with Crippen molar-refractivity contribution in [2.45, 2.75) is 13.1 Å². The molecule has 0 saturated carbocycles. The van der Waals surface area contributed by atoms with Crippen LogP contribution in [0.2, 0.25) is 0 Å². The predicted molar refractivity (Wildman–Crippen MR) is 85.4 cm³/mol. The Morgan fingerprint density at radius 3 is 2.30 bits per heavy atom. The van der Waals surface area contributed by atoms with Gasteiger partial charge in [-0.05, 0) is 37.3 Å². The molecule has 10 heteroatoms. The topological polar surface area (TPSA) is 59.8 Å². The Labute approximate surface area is 149 Å². The zero-order valence-electron chi connectivity index (χ0n) is 13.7. The summed E-state index contributed by atoms with van der Waals surface area (Å²) in [4.78, 5) is 15.9. The Kier molecular flexibility index (Phi) is 4.64. The minimum Gasteiger partial charge on any atom is -0.306 e. The fourth-order valence-corrected chi connectivity index (χ4v) is 2.35. The lowest BCUT2D eigenvalue weighted by molar-refractivity contribution is -0.141. The highest BCUT2D eigenvalue weighted by atomic mass is 19.4. The number of benzene rings is 1. The Bertz CT molecular complexity index is 975. The van der Waals surface area contributed by atoms with Crippen LogP contribution in [0.5, 0.6) is 0 Å². The van der Waals surface area contributed by atoms with Crippen molar-refractivity contribution >= 4 is 11.7 Å². The number of anilines is 1. The van der Waals surface area contributed by atoms with E-state index in [1.165, 1.54) is 25.3 Å². The highest BCUT2D eigenvalue weighted by Gasteiger charge is 2.34. The molecule has 0 bridgehead atoms. The zero-order chi connectivity index (χ0) is 19.8. The molecule has 2 heterocycles. The molecule has 0 atom stereocenters. The van der Waals surface area contributed by atoms with Gasteiger partial charge in [0.1, 0.15) is 23.0 Å². The van der Waals surface area contributed by atoms with Gasteiger partial charge in [0.2, 0.25) is 0 Å². The number of carbonyl (C=O) groups is 1. The average molecular weight is 382 g/mol. The van der Waals surface area contributed by atoms with Crippen LogP contribution in [0.4, 0.5) is 27.8 Å². The number of halogens is 5. The van der Waals surface area contributed by atoms with E-state index < -0.39 is 35.0 Å². The molecular weight excluding hydrogens is 371 g/mol. The molecule has 0 radical (unpaired) electrons. The first-order valence-corrected chi connectivity index (χ1v) is 7.52. The number of nitrogens with zero attached hydrogens (tertiary/aromatic N) is 3. The van der Waals surface area contributed by atoms with Crippen LogP contribution in [-0.2, 0) is 6.18 Å². The van der Waals surface area contributed by atoms with Gasteiger partial charge < -0.3 is 5.32 Å². The van der Waals surface area contributed by atoms with Gasteiger partial charge in [-0.2, -0.15) is 18.3 Å². The summed E-state index contributed by atoms with van der Waals surface area (Å²) in [6.07, 6.45) is -3.41. The maximum atomic E-state index is 13.6. The quantitative estimate of drug-likeness (QED) is 0.693. The summed E-state index contributed by atoms with van der Waals surface area (Å²) >= 11 is 0. The molecule has 0 aliphatic rings. The van der Waals surface area contributed by atoms with Crippen molar-refractivity contribution in [2.75, 3.05) is 5.32 Å². The van der Waals surface area contributed by atoms with Crippen molar-refractivity contribution in [3.8, 4) is 5.69 Å². The van der Waals surface area contributed by atoms with Crippen molar-refractivity contribution < 1.29 is 26.7 Å². The van der Waals surface area contributed by atoms with Gasteiger partial charge in [-0.15, -0.1) is 0 Å². The number of aryl methyl sites for hydroxylation is 1. The maximum Gasteiger partial charge on any atom is 0.435 e. The van der Waals surface area contributed by atoms with Crippen molar-refractivity contribution in [3.63, 3.8) is 0 Å². The Morgan fingerprint density at radius 2 is 1.78 bits per heavy atom.